The lowest BCUT2D eigenvalue weighted by molar-refractivity contribution is 0.0731. The highest BCUT2D eigenvalue weighted by Gasteiger charge is 2.33. The molecule has 1 aromatic rings. The molecular weight excluding hydrogens is 336 g/mol. The Bertz CT molecular complexity index is 546. The Morgan fingerprint density at radius 2 is 2.19 bits per heavy atom. The van der Waals surface area contributed by atoms with E-state index in [4.69, 9.17) is 16.2 Å². The van der Waals surface area contributed by atoms with Crippen LogP contribution in [-0.4, -0.2) is 44.7 Å². The van der Waals surface area contributed by atoms with Gasteiger partial charge in [0.05, 0.1) is 5.69 Å². The average molecular weight is 355 g/mol. The molecule has 0 bridgehead atoms. The first-order valence-corrected chi connectivity index (χ1v) is 7.76. The van der Waals surface area contributed by atoms with Crippen molar-refractivity contribution in [1.82, 2.24) is 9.88 Å². The predicted octanol–water partition coefficient (Wildman–Crippen LogP) is 1.76. The molecule has 0 spiro atoms. The molecule has 1 fully saturated rings. The lowest BCUT2D eigenvalue weighted by Crippen LogP contribution is -2.35. The smallest absolute Gasteiger partial charge is 0.272 e. The van der Waals surface area contributed by atoms with Crippen LogP contribution in [0.15, 0.2) is 12.1 Å². The molecule has 1 aliphatic rings. The number of nitrogen functional groups attached to an aromatic ring is 1. The molecule has 0 atom stereocenters. The molecule has 1 heterocycles. The molecule has 0 radical (unpaired) electrons. The van der Waals surface area contributed by atoms with Gasteiger partial charge in [-0.3, -0.25) is 10.2 Å². The maximum atomic E-state index is 12.6. The number of anilines is 1. The molecule has 0 aromatic carbocycles. The molecule has 1 aliphatic carbocycles. The number of unbranched alkanes of at least 4 members (excludes halogenated alkanes) is 1. The Labute approximate surface area is 132 Å². The van der Waals surface area contributed by atoms with Gasteiger partial charge in [-0.25, -0.2) is 4.98 Å². The first-order valence-electron chi connectivity index (χ1n) is 6.97. The lowest BCUT2D eigenvalue weighted by atomic mass is 10.2. The number of carbonyl (C=O) groups is 1. The van der Waals surface area contributed by atoms with Crippen LogP contribution in [-0.2, 0) is 0 Å². The van der Waals surface area contributed by atoms with Crippen LogP contribution in [0.25, 0.3) is 0 Å². The number of aromatic nitrogens is 1. The molecule has 1 amide bonds. The van der Waals surface area contributed by atoms with Gasteiger partial charge in [0.25, 0.3) is 5.91 Å². The van der Waals surface area contributed by atoms with E-state index in [1.807, 2.05) is 4.90 Å². The van der Waals surface area contributed by atoms with Crippen molar-refractivity contribution < 1.29 is 9.90 Å². The fourth-order valence-corrected chi connectivity index (χ4v) is 2.46. The number of aliphatic hydroxyl groups excluding tert-OH is 1. The molecule has 7 heteroatoms. The third kappa shape index (κ3) is 4.01. The van der Waals surface area contributed by atoms with Crippen molar-refractivity contribution in [3.63, 3.8) is 0 Å². The average Bonchev–Trinajstić information content (AvgIpc) is 3.28. The zero-order valence-electron chi connectivity index (χ0n) is 11.7. The Morgan fingerprint density at radius 1 is 1.48 bits per heavy atom. The van der Waals surface area contributed by atoms with Crippen LogP contribution in [0.4, 0.5) is 5.69 Å². The number of nitrogens with one attached hydrogen (secondary N) is 1. The monoisotopic (exact) mass is 354 g/mol. The van der Waals surface area contributed by atoms with Crippen molar-refractivity contribution in [3.05, 3.63) is 23.5 Å². The minimum atomic E-state index is -0.134. The van der Waals surface area contributed by atoms with Gasteiger partial charge in [-0.2, -0.15) is 0 Å². The SMILES string of the molecule is N=C(Br)c1nc(C(=O)N(CCCCO)C2CC2)ccc1N. The summed E-state index contributed by atoms with van der Waals surface area (Å²) in [6, 6.07) is 3.48. The van der Waals surface area contributed by atoms with Gasteiger partial charge in [0.2, 0.25) is 0 Å². The second-order valence-corrected chi connectivity index (χ2v) is 5.90. The standard InChI is InChI=1S/C14H19BrN4O2/c15-13(17)12-10(16)5-6-11(18-12)14(21)19(9-3-4-9)7-1-2-8-20/h5-6,9,17,20H,1-4,7-8,16H2. The van der Waals surface area contributed by atoms with Gasteiger partial charge in [0.15, 0.2) is 0 Å². The molecule has 0 saturated heterocycles. The summed E-state index contributed by atoms with van der Waals surface area (Å²) in [5.74, 6) is -0.134. The molecule has 6 nitrogen and oxygen atoms in total. The Morgan fingerprint density at radius 3 is 2.76 bits per heavy atom. The minimum Gasteiger partial charge on any atom is -0.397 e. The highest BCUT2D eigenvalue weighted by atomic mass is 79.9. The van der Waals surface area contributed by atoms with E-state index in [9.17, 15) is 4.79 Å². The molecule has 1 aromatic heterocycles. The molecule has 0 aliphatic heterocycles. The largest absolute Gasteiger partial charge is 0.397 e. The fourth-order valence-electron chi connectivity index (χ4n) is 2.14. The number of hydrogen-bond donors (Lipinski definition) is 3. The number of rotatable bonds is 7. The van der Waals surface area contributed by atoms with E-state index in [2.05, 4.69) is 20.9 Å². The highest BCUT2D eigenvalue weighted by molar-refractivity contribution is 9.18. The number of carbonyl (C=O) groups excluding carboxylic acids is 1. The quantitative estimate of drug-likeness (QED) is 0.512. The summed E-state index contributed by atoms with van der Waals surface area (Å²) < 4.78 is 0.0629. The van der Waals surface area contributed by atoms with Gasteiger partial charge < -0.3 is 15.7 Å². The van der Waals surface area contributed by atoms with Crippen LogP contribution in [0, 0.1) is 5.41 Å². The number of nitrogens with two attached hydrogens (primary N) is 1. The molecular formula is C14H19BrN4O2. The first kappa shape index (κ1) is 15.9. The Hall–Kier alpha value is -1.47. The summed E-state index contributed by atoms with van der Waals surface area (Å²) in [6.07, 6.45) is 3.49. The van der Waals surface area contributed by atoms with Crippen LogP contribution < -0.4 is 5.73 Å². The van der Waals surface area contributed by atoms with Crippen molar-refractivity contribution >= 4 is 32.1 Å². The maximum absolute atomic E-state index is 12.6. The topological polar surface area (TPSA) is 103 Å². The Kier molecular flexibility index (Phi) is 5.30. The summed E-state index contributed by atoms with van der Waals surface area (Å²) in [6.45, 7) is 0.759. The summed E-state index contributed by atoms with van der Waals surface area (Å²) in [7, 11) is 0. The molecule has 2 rings (SSSR count). The van der Waals surface area contributed by atoms with E-state index < -0.39 is 0 Å². The summed E-state index contributed by atoms with van der Waals surface area (Å²) in [5, 5.41) is 16.4. The predicted molar refractivity (Wildman–Crippen MR) is 84.8 cm³/mol. The zero-order chi connectivity index (χ0) is 15.4. The highest BCUT2D eigenvalue weighted by Crippen LogP contribution is 2.28. The summed E-state index contributed by atoms with van der Waals surface area (Å²) in [5.41, 5.74) is 6.71. The van der Waals surface area contributed by atoms with Crippen LogP contribution in [0.2, 0.25) is 0 Å². The van der Waals surface area contributed by atoms with Crippen LogP contribution in [0.1, 0.15) is 41.9 Å². The fraction of sp³-hybridized carbons (Fsp3) is 0.500. The van der Waals surface area contributed by atoms with Crippen molar-refractivity contribution in [2.24, 2.45) is 0 Å². The molecule has 21 heavy (non-hydrogen) atoms. The van der Waals surface area contributed by atoms with Gasteiger partial charge in [0, 0.05) is 19.2 Å². The van der Waals surface area contributed by atoms with Crippen molar-refractivity contribution in [2.45, 2.75) is 31.7 Å². The van der Waals surface area contributed by atoms with Crippen molar-refractivity contribution in [2.75, 3.05) is 18.9 Å². The number of hydrogen-bond acceptors (Lipinski definition) is 5. The second-order valence-electron chi connectivity index (χ2n) is 5.11. The zero-order valence-corrected chi connectivity index (χ0v) is 13.3. The number of halogens is 1. The molecule has 4 N–H and O–H groups in total. The van der Waals surface area contributed by atoms with E-state index in [0.29, 0.717) is 24.3 Å². The number of pyridine rings is 1. The number of aliphatic hydroxyl groups is 1. The van der Waals surface area contributed by atoms with E-state index in [-0.39, 0.29) is 28.9 Å². The maximum Gasteiger partial charge on any atom is 0.272 e. The van der Waals surface area contributed by atoms with Gasteiger partial charge in [-0.05, 0) is 53.7 Å². The van der Waals surface area contributed by atoms with Crippen LogP contribution in [0.3, 0.4) is 0 Å². The van der Waals surface area contributed by atoms with E-state index in [1.165, 1.54) is 0 Å². The minimum absolute atomic E-state index is 0.0629. The van der Waals surface area contributed by atoms with Crippen molar-refractivity contribution in [3.8, 4) is 0 Å². The number of nitrogens with zero attached hydrogens (tertiary/aromatic N) is 2. The van der Waals surface area contributed by atoms with E-state index in [1.54, 1.807) is 12.1 Å². The normalized spacial score (nSPS) is 14.0. The third-order valence-corrected chi connectivity index (χ3v) is 3.78. The lowest BCUT2D eigenvalue weighted by Gasteiger charge is -2.22. The molecule has 0 unspecified atom stereocenters. The molecule has 1 saturated carbocycles. The van der Waals surface area contributed by atoms with Gasteiger partial charge >= 0.3 is 0 Å². The van der Waals surface area contributed by atoms with Crippen LogP contribution in [0.5, 0.6) is 0 Å². The first-order chi connectivity index (χ1) is 10.0. The van der Waals surface area contributed by atoms with Gasteiger partial charge in [-0.1, -0.05) is 0 Å². The molecule has 114 valence electrons. The van der Waals surface area contributed by atoms with Gasteiger partial charge in [0.1, 0.15) is 16.0 Å². The summed E-state index contributed by atoms with van der Waals surface area (Å²) in [4.78, 5) is 18.6. The van der Waals surface area contributed by atoms with Gasteiger partial charge in [-0.15, -0.1) is 0 Å². The third-order valence-electron chi connectivity index (χ3n) is 3.41. The number of amides is 1. The van der Waals surface area contributed by atoms with Crippen LogP contribution >= 0.6 is 15.9 Å². The van der Waals surface area contributed by atoms with E-state index in [0.717, 1.165) is 19.3 Å². The Balaban J connectivity index is 2.16. The summed E-state index contributed by atoms with van der Waals surface area (Å²) >= 11 is 3.03. The van der Waals surface area contributed by atoms with Crippen molar-refractivity contribution in [1.29, 1.82) is 5.41 Å². The second kappa shape index (κ2) is 7.00. The van der Waals surface area contributed by atoms with E-state index >= 15 is 0 Å².